The molecular formula is C16H25N3O. The van der Waals surface area contributed by atoms with Gasteiger partial charge in [-0.15, -0.1) is 0 Å². The van der Waals surface area contributed by atoms with Crippen LogP contribution in [0.15, 0.2) is 29.3 Å². The van der Waals surface area contributed by atoms with Gasteiger partial charge in [0, 0.05) is 26.7 Å². The molecule has 1 aliphatic heterocycles. The van der Waals surface area contributed by atoms with Gasteiger partial charge in [-0.25, -0.2) is 4.99 Å². The molecule has 1 fully saturated rings. The van der Waals surface area contributed by atoms with Gasteiger partial charge in [0.05, 0.1) is 13.2 Å². The van der Waals surface area contributed by atoms with Crippen molar-refractivity contribution in [3.8, 4) is 0 Å². The summed E-state index contributed by atoms with van der Waals surface area (Å²) >= 11 is 0. The molecule has 2 rings (SSSR count). The highest BCUT2D eigenvalue weighted by Crippen LogP contribution is 2.10. The molecule has 0 saturated carbocycles. The molecule has 0 radical (unpaired) electrons. The molecule has 1 aromatic rings. The lowest BCUT2D eigenvalue weighted by molar-refractivity contribution is 0.185. The maximum atomic E-state index is 5.17. The minimum absolute atomic E-state index is 0.656. The third-order valence-electron chi connectivity index (χ3n) is 3.45. The van der Waals surface area contributed by atoms with E-state index in [1.54, 1.807) is 7.11 Å². The van der Waals surface area contributed by atoms with Crippen molar-refractivity contribution < 1.29 is 4.74 Å². The summed E-state index contributed by atoms with van der Waals surface area (Å²) in [7, 11) is 1.72. The summed E-state index contributed by atoms with van der Waals surface area (Å²) in [6.07, 6.45) is 2.54. The van der Waals surface area contributed by atoms with Gasteiger partial charge in [0.15, 0.2) is 5.96 Å². The molecule has 0 aliphatic carbocycles. The van der Waals surface area contributed by atoms with Gasteiger partial charge in [0.2, 0.25) is 0 Å². The summed E-state index contributed by atoms with van der Waals surface area (Å²) < 4.78 is 5.17. The van der Waals surface area contributed by atoms with Gasteiger partial charge in [0.1, 0.15) is 0 Å². The second-order valence-corrected chi connectivity index (χ2v) is 5.12. The van der Waals surface area contributed by atoms with Gasteiger partial charge in [-0.1, -0.05) is 24.3 Å². The number of nitrogens with zero attached hydrogens (tertiary/aromatic N) is 2. The zero-order valence-corrected chi connectivity index (χ0v) is 12.6. The Kier molecular flexibility index (Phi) is 5.87. The molecule has 1 aromatic carbocycles. The molecule has 0 spiro atoms. The van der Waals surface area contributed by atoms with Crippen molar-refractivity contribution in [2.45, 2.75) is 32.9 Å². The highest BCUT2D eigenvalue weighted by molar-refractivity contribution is 5.80. The molecule has 20 heavy (non-hydrogen) atoms. The Morgan fingerprint density at radius 3 is 2.75 bits per heavy atom. The van der Waals surface area contributed by atoms with E-state index in [1.165, 1.54) is 24.0 Å². The quantitative estimate of drug-likeness (QED) is 0.662. The van der Waals surface area contributed by atoms with E-state index >= 15 is 0 Å². The molecule has 4 nitrogen and oxygen atoms in total. The second kappa shape index (κ2) is 7.90. The fourth-order valence-corrected chi connectivity index (χ4v) is 2.51. The minimum Gasteiger partial charge on any atom is -0.380 e. The summed E-state index contributed by atoms with van der Waals surface area (Å²) in [5.74, 6) is 1.04. The molecule has 1 heterocycles. The van der Waals surface area contributed by atoms with E-state index in [2.05, 4.69) is 41.4 Å². The third kappa shape index (κ3) is 4.23. The number of methoxy groups -OCH3 is 1. The molecule has 110 valence electrons. The predicted octanol–water partition coefficient (Wildman–Crippen LogP) is 2.39. The van der Waals surface area contributed by atoms with E-state index in [0.29, 0.717) is 6.61 Å². The zero-order valence-electron chi connectivity index (χ0n) is 12.6. The van der Waals surface area contributed by atoms with Crippen LogP contribution in [-0.2, 0) is 17.9 Å². The van der Waals surface area contributed by atoms with E-state index in [-0.39, 0.29) is 0 Å². The minimum atomic E-state index is 0.656. The monoisotopic (exact) mass is 275 g/mol. The van der Waals surface area contributed by atoms with E-state index in [4.69, 9.17) is 9.73 Å². The Labute approximate surface area is 121 Å². The molecule has 0 bridgehead atoms. The maximum Gasteiger partial charge on any atom is 0.194 e. The fourth-order valence-electron chi connectivity index (χ4n) is 2.51. The van der Waals surface area contributed by atoms with Crippen molar-refractivity contribution in [1.82, 2.24) is 10.2 Å². The Morgan fingerprint density at radius 1 is 1.30 bits per heavy atom. The molecule has 4 heteroatoms. The molecule has 1 N–H and O–H groups in total. The van der Waals surface area contributed by atoms with Crippen molar-refractivity contribution >= 4 is 5.96 Å². The first-order valence-corrected chi connectivity index (χ1v) is 7.43. The SMILES string of the molecule is CCNC(=NCc1cccc(COC)c1)N1CCCC1. The molecule has 1 aliphatic rings. The Morgan fingerprint density at radius 2 is 2.05 bits per heavy atom. The molecule has 0 atom stereocenters. The first-order valence-electron chi connectivity index (χ1n) is 7.43. The molecule has 0 unspecified atom stereocenters. The van der Waals surface area contributed by atoms with Crippen LogP contribution in [0.1, 0.15) is 30.9 Å². The molecule has 1 saturated heterocycles. The standard InChI is InChI=1S/C16H25N3O/c1-3-17-16(19-9-4-5-10-19)18-12-14-7-6-8-15(11-14)13-20-2/h6-8,11H,3-5,9-10,12-13H2,1-2H3,(H,17,18). The average molecular weight is 275 g/mol. The smallest absolute Gasteiger partial charge is 0.194 e. The van der Waals surface area contributed by atoms with Crippen molar-refractivity contribution in [1.29, 1.82) is 0 Å². The number of nitrogens with one attached hydrogen (secondary N) is 1. The van der Waals surface area contributed by atoms with E-state index in [1.807, 2.05) is 0 Å². The van der Waals surface area contributed by atoms with Crippen LogP contribution in [0.3, 0.4) is 0 Å². The number of benzene rings is 1. The Hall–Kier alpha value is -1.55. The first-order chi connectivity index (χ1) is 9.83. The number of ether oxygens (including phenoxy) is 1. The van der Waals surface area contributed by atoms with Crippen LogP contribution in [-0.4, -0.2) is 37.6 Å². The van der Waals surface area contributed by atoms with Crippen LogP contribution in [0.5, 0.6) is 0 Å². The van der Waals surface area contributed by atoms with Crippen LogP contribution in [0.2, 0.25) is 0 Å². The van der Waals surface area contributed by atoms with Crippen molar-refractivity contribution in [2.75, 3.05) is 26.7 Å². The summed E-state index contributed by atoms with van der Waals surface area (Å²) in [5.41, 5.74) is 2.43. The van der Waals surface area contributed by atoms with Gasteiger partial charge < -0.3 is 15.0 Å². The number of rotatable bonds is 5. The van der Waals surface area contributed by atoms with Crippen LogP contribution in [0.4, 0.5) is 0 Å². The molecule has 0 aromatic heterocycles. The summed E-state index contributed by atoms with van der Waals surface area (Å²) in [6, 6.07) is 8.45. The van der Waals surface area contributed by atoms with Crippen LogP contribution >= 0.6 is 0 Å². The van der Waals surface area contributed by atoms with Crippen LogP contribution in [0.25, 0.3) is 0 Å². The zero-order chi connectivity index (χ0) is 14.2. The van der Waals surface area contributed by atoms with Crippen molar-refractivity contribution in [2.24, 2.45) is 4.99 Å². The van der Waals surface area contributed by atoms with Gasteiger partial charge in [-0.05, 0) is 30.9 Å². The number of likely N-dealkylation sites (tertiary alicyclic amines) is 1. The summed E-state index contributed by atoms with van der Waals surface area (Å²) in [4.78, 5) is 7.11. The first kappa shape index (κ1) is 14.9. The van der Waals surface area contributed by atoms with Crippen molar-refractivity contribution in [3.63, 3.8) is 0 Å². The third-order valence-corrected chi connectivity index (χ3v) is 3.45. The lowest BCUT2D eigenvalue weighted by atomic mass is 10.1. The van der Waals surface area contributed by atoms with Gasteiger partial charge in [-0.3, -0.25) is 0 Å². The summed E-state index contributed by atoms with van der Waals surface area (Å²) in [5, 5.41) is 3.39. The highest BCUT2D eigenvalue weighted by Gasteiger charge is 2.15. The van der Waals surface area contributed by atoms with Gasteiger partial charge >= 0.3 is 0 Å². The number of aliphatic imine (C=N–C) groups is 1. The van der Waals surface area contributed by atoms with E-state index in [0.717, 1.165) is 32.1 Å². The predicted molar refractivity (Wildman–Crippen MR) is 82.8 cm³/mol. The second-order valence-electron chi connectivity index (χ2n) is 5.12. The topological polar surface area (TPSA) is 36.9 Å². The maximum absolute atomic E-state index is 5.17. The number of hydrogen-bond acceptors (Lipinski definition) is 2. The Bertz CT molecular complexity index is 439. The molecule has 0 amide bonds. The van der Waals surface area contributed by atoms with Crippen molar-refractivity contribution in [3.05, 3.63) is 35.4 Å². The van der Waals surface area contributed by atoms with Gasteiger partial charge in [0.25, 0.3) is 0 Å². The van der Waals surface area contributed by atoms with E-state index < -0.39 is 0 Å². The fraction of sp³-hybridized carbons (Fsp3) is 0.562. The van der Waals surface area contributed by atoms with E-state index in [9.17, 15) is 0 Å². The summed E-state index contributed by atoms with van der Waals surface area (Å²) in [6.45, 7) is 6.65. The van der Waals surface area contributed by atoms with Crippen LogP contribution < -0.4 is 5.32 Å². The van der Waals surface area contributed by atoms with Gasteiger partial charge in [-0.2, -0.15) is 0 Å². The normalized spacial score (nSPS) is 15.7. The largest absolute Gasteiger partial charge is 0.380 e. The number of hydrogen-bond donors (Lipinski definition) is 1. The lowest BCUT2D eigenvalue weighted by Gasteiger charge is -2.20. The number of guanidine groups is 1. The average Bonchev–Trinajstić information content (AvgIpc) is 2.98. The lowest BCUT2D eigenvalue weighted by Crippen LogP contribution is -2.39. The Balaban J connectivity index is 2.02. The highest BCUT2D eigenvalue weighted by atomic mass is 16.5. The van der Waals surface area contributed by atoms with Crippen LogP contribution in [0, 0.1) is 0 Å². The molecular weight excluding hydrogens is 250 g/mol.